The van der Waals surface area contributed by atoms with Gasteiger partial charge in [0.2, 0.25) is 0 Å². The van der Waals surface area contributed by atoms with E-state index in [9.17, 15) is 4.79 Å². The molecule has 0 amide bonds. The van der Waals surface area contributed by atoms with Gasteiger partial charge < -0.3 is 11.5 Å². The van der Waals surface area contributed by atoms with Gasteiger partial charge in [-0.05, 0) is 25.8 Å². The molecule has 0 aliphatic heterocycles. The molecule has 0 saturated carbocycles. The summed E-state index contributed by atoms with van der Waals surface area (Å²) >= 11 is 0. The first kappa shape index (κ1) is 10.6. The van der Waals surface area contributed by atoms with Crippen LogP contribution in [0.1, 0.15) is 32.6 Å². The van der Waals surface area contributed by atoms with Gasteiger partial charge in [0.25, 0.3) is 0 Å². The molecular formula is C8H18N2O. The lowest BCUT2D eigenvalue weighted by Crippen LogP contribution is -2.30. The summed E-state index contributed by atoms with van der Waals surface area (Å²) in [5, 5.41) is 0. The number of carbonyl (C=O) groups excluding carboxylic acids is 1. The molecule has 1 atom stereocenters. The summed E-state index contributed by atoms with van der Waals surface area (Å²) in [6.07, 6.45) is 3.06. The number of carbonyl (C=O) groups is 1. The average molecular weight is 158 g/mol. The van der Waals surface area contributed by atoms with Crippen molar-refractivity contribution in [2.45, 2.75) is 38.6 Å². The van der Waals surface area contributed by atoms with E-state index in [1.165, 1.54) is 0 Å². The minimum absolute atomic E-state index is 0.168. The normalized spacial score (nSPS) is 13.0. The Labute approximate surface area is 68.1 Å². The first-order valence-electron chi connectivity index (χ1n) is 4.20. The third-order valence-corrected chi connectivity index (χ3v) is 1.63. The van der Waals surface area contributed by atoms with Gasteiger partial charge in [-0.25, -0.2) is 0 Å². The number of hydrogen-bond donors (Lipinski definition) is 2. The predicted molar refractivity (Wildman–Crippen MR) is 46.2 cm³/mol. The second-order valence-electron chi connectivity index (χ2n) is 2.75. The lowest BCUT2D eigenvalue weighted by atomic mass is 10.0. The Morgan fingerprint density at radius 1 is 1.55 bits per heavy atom. The highest BCUT2D eigenvalue weighted by molar-refractivity contribution is 5.83. The second kappa shape index (κ2) is 6.31. The summed E-state index contributed by atoms with van der Waals surface area (Å²) in [4.78, 5) is 11.1. The summed E-state index contributed by atoms with van der Waals surface area (Å²) in [6.45, 7) is 2.60. The molecule has 0 aromatic heterocycles. The molecule has 0 aliphatic carbocycles. The lowest BCUT2D eigenvalue weighted by Gasteiger charge is -2.07. The van der Waals surface area contributed by atoms with Gasteiger partial charge in [-0.15, -0.1) is 0 Å². The van der Waals surface area contributed by atoms with Crippen LogP contribution >= 0.6 is 0 Å². The molecule has 0 bridgehead atoms. The number of nitrogens with two attached hydrogens (primary N) is 2. The average Bonchev–Trinajstić information content (AvgIpc) is 2.00. The van der Waals surface area contributed by atoms with Gasteiger partial charge in [0.05, 0.1) is 6.04 Å². The van der Waals surface area contributed by atoms with Gasteiger partial charge in [0, 0.05) is 6.42 Å². The van der Waals surface area contributed by atoms with Crippen molar-refractivity contribution < 1.29 is 4.79 Å². The van der Waals surface area contributed by atoms with Gasteiger partial charge in [-0.1, -0.05) is 6.92 Å². The third-order valence-electron chi connectivity index (χ3n) is 1.63. The minimum atomic E-state index is -0.279. The zero-order chi connectivity index (χ0) is 8.69. The monoisotopic (exact) mass is 158 g/mol. The Bertz CT molecular complexity index is 115. The molecule has 3 nitrogen and oxygen atoms in total. The predicted octanol–water partition coefficient (Wildman–Crippen LogP) is 0.422. The van der Waals surface area contributed by atoms with Crippen molar-refractivity contribution in [2.24, 2.45) is 11.5 Å². The van der Waals surface area contributed by atoms with Crippen LogP contribution in [0.5, 0.6) is 0 Å². The fraction of sp³-hybridized carbons (Fsp3) is 0.875. The van der Waals surface area contributed by atoms with Gasteiger partial charge >= 0.3 is 0 Å². The fourth-order valence-electron chi connectivity index (χ4n) is 0.931. The highest BCUT2D eigenvalue weighted by atomic mass is 16.1. The van der Waals surface area contributed by atoms with Gasteiger partial charge in [-0.3, -0.25) is 4.79 Å². The maximum atomic E-state index is 11.1. The lowest BCUT2D eigenvalue weighted by molar-refractivity contribution is -0.120. The molecule has 0 aliphatic rings. The molecule has 0 aromatic carbocycles. The molecule has 0 spiro atoms. The molecule has 0 heterocycles. The van der Waals surface area contributed by atoms with Crippen molar-refractivity contribution in [1.82, 2.24) is 0 Å². The Balaban J connectivity index is 3.46. The number of Topliss-reactive ketones (excluding diaryl/α,β-unsaturated/α-hetero) is 1. The number of hydrogen-bond acceptors (Lipinski definition) is 3. The molecule has 0 rings (SSSR count). The van der Waals surface area contributed by atoms with E-state index < -0.39 is 0 Å². The summed E-state index contributed by atoms with van der Waals surface area (Å²) < 4.78 is 0. The van der Waals surface area contributed by atoms with Crippen LogP contribution in [-0.2, 0) is 4.79 Å². The summed E-state index contributed by atoms with van der Waals surface area (Å²) in [5.41, 5.74) is 10.9. The molecule has 0 saturated heterocycles. The first-order chi connectivity index (χ1) is 5.22. The van der Waals surface area contributed by atoms with Gasteiger partial charge in [0.1, 0.15) is 5.78 Å². The maximum Gasteiger partial charge on any atom is 0.149 e. The van der Waals surface area contributed by atoms with Crippen molar-refractivity contribution in [1.29, 1.82) is 0 Å². The molecule has 3 heteroatoms. The largest absolute Gasteiger partial charge is 0.330 e. The van der Waals surface area contributed by atoms with E-state index in [4.69, 9.17) is 11.5 Å². The Hall–Kier alpha value is -0.410. The van der Waals surface area contributed by atoms with Crippen molar-refractivity contribution >= 4 is 5.78 Å². The number of ketones is 1. The van der Waals surface area contributed by atoms with Crippen molar-refractivity contribution in [3.63, 3.8) is 0 Å². The van der Waals surface area contributed by atoms with E-state index in [-0.39, 0.29) is 11.8 Å². The molecule has 4 N–H and O–H groups in total. The summed E-state index contributed by atoms with van der Waals surface area (Å²) in [7, 11) is 0. The van der Waals surface area contributed by atoms with Crippen molar-refractivity contribution in [2.75, 3.05) is 6.54 Å². The van der Waals surface area contributed by atoms with Crippen LogP contribution in [-0.4, -0.2) is 18.4 Å². The van der Waals surface area contributed by atoms with E-state index in [1.54, 1.807) is 0 Å². The quantitative estimate of drug-likeness (QED) is 0.588. The zero-order valence-corrected chi connectivity index (χ0v) is 7.18. The number of rotatable bonds is 6. The molecule has 11 heavy (non-hydrogen) atoms. The van der Waals surface area contributed by atoms with Crippen LogP contribution in [0.15, 0.2) is 0 Å². The molecule has 0 unspecified atom stereocenters. The Morgan fingerprint density at radius 3 is 2.64 bits per heavy atom. The Morgan fingerprint density at radius 2 is 2.18 bits per heavy atom. The second-order valence-corrected chi connectivity index (χ2v) is 2.75. The van der Waals surface area contributed by atoms with E-state index in [0.717, 1.165) is 19.3 Å². The zero-order valence-electron chi connectivity index (χ0n) is 7.18. The van der Waals surface area contributed by atoms with Crippen LogP contribution in [0, 0.1) is 0 Å². The molecule has 66 valence electrons. The SMILES string of the molecule is CCCC(=O)[C@@H](N)CCCN. The van der Waals surface area contributed by atoms with E-state index >= 15 is 0 Å². The van der Waals surface area contributed by atoms with Gasteiger partial charge in [-0.2, -0.15) is 0 Å². The van der Waals surface area contributed by atoms with Crippen LogP contribution in [0.25, 0.3) is 0 Å². The van der Waals surface area contributed by atoms with Crippen molar-refractivity contribution in [3.8, 4) is 0 Å². The standard InChI is InChI=1S/C8H18N2O/c1-2-4-8(11)7(10)5-3-6-9/h7H,2-6,9-10H2,1H3/t7-/m0/s1. The minimum Gasteiger partial charge on any atom is -0.330 e. The van der Waals surface area contributed by atoms with Gasteiger partial charge in [0.15, 0.2) is 0 Å². The highest BCUT2D eigenvalue weighted by Gasteiger charge is 2.10. The molecule has 0 aromatic rings. The topological polar surface area (TPSA) is 69.1 Å². The van der Waals surface area contributed by atoms with Crippen LogP contribution in [0.4, 0.5) is 0 Å². The highest BCUT2D eigenvalue weighted by Crippen LogP contribution is 1.99. The van der Waals surface area contributed by atoms with Crippen LogP contribution < -0.4 is 11.5 Å². The molecule has 0 fully saturated rings. The van der Waals surface area contributed by atoms with Crippen LogP contribution in [0.2, 0.25) is 0 Å². The summed E-state index contributed by atoms with van der Waals surface area (Å²) in [6, 6.07) is -0.279. The first-order valence-corrected chi connectivity index (χ1v) is 4.20. The smallest absolute Gasteiger partial charge is 0.149 e. The Kier molecular flexibility index (Phi) is 6.07. The van der Waals surface area contributed by atoms with Crippen molar-refractivity contribution in [3.05, 3.63) is 0 Å². The molecular weight excluding hydrogens is 140 g/mol. The van der Waals surface area contributed by atoms with E-state index in [0.29, 0.717) is 13.0 Å². The van der Waals surface area contributed by atoms with E-state index in [2.05, 4.69) is 0 Å². The summed E-state index contributed by atoms with van der Waals surface area (Å²) in [5.74, 6) is 0.168. The third kappa shape index (κ3) is 4.93. The fourth-order valence-corrected chi connectivity index (χ4v) is 0.931. The molecule has 0 radical (unpaired) electrons. The van der Waals surface area contributed by atoms with Crippen LogP contribution in [0.3, 0.4) is 0 Å². The van der Waals surface area contributed by atoms with E-state index in [1.807, 2.05) is 6.92 Å². The maximum absolute atomic E-state index is 11.1.